The van der Waals surface area contributed by atoms with Crippen LogP contribution >= 0.6 is 0 Å². The molecule has 0 unspecified atom stereocenters. The normalized spacial score (nSPS) is 12.5. The van der Waals surface area contributed by atoms with Crippen LogP contribution in [0.4, 0.5) is 0 Å². The van der Waals surface area contributed by atoms with E-state index < -0.39 is 10.4 Å². The van der Waals surface area contributed by atoms with Gasteiger partial charge in [0, 0.05) is 18.3 Å². The Labute approximate surface area is 87.5 Å². The van der Waals surface area contributed by atoms with Crippen LogP contribution in [0.5, 0.6) is 0 Å². The molecule has 15 heavy (non-hydrogen) atoms. The molecule has 1 rings (SSSR count). The standard InChI is InChI=1S/C8H10N2O4S/c1-7(10-14-15(11,12)13)6-8-4-2-3-5-9-8/h2-5H,6H2,1H3,(H,11,12,13). The average molecular weight is 230 g/mol. The van der Waals surface area contributed by atoms with Gasteiger partial charge in [0.1, 0.15) is 0 Å². The zero-order valence-corrected chi connectivity index (χ0v) is 8.81. The molecule has 0 aliphatic rings. The van der Waals surface area contributed by atoms with E-state index in [-0.39, 0.29) is 0 Å². The molecule has 0 fully saturated rings. The lowest BCUT2D eigenvalue weighted by Gasteiger charge is -1.98. The van der Waals surface area contributed by atoms with E-state index in [0.29, 0.717) is 12.1 Å². The van der Waals surface area contributed by atoms with E-state index in [0.717, 1.165) is 5.69 Å². The van der Waals surface area contributed by atoms with Gasteiger partial charge in [0.2, 0.25) is 0 Å². The molecule has 0 atom stereocenters. The Balaban J connectivity index is 2.60. The van der Waals surface area contributed by atoms with Crippen LogP contribution in [0, 0.1) is 0 Å². The van der Waals surface area contributed by atoms with Crippen molar-refractivity contribution in [2.75, 3.05) is 0 Å². The van der Waals surface area contributed by atoms with Gasteiger partial charge in [-0.05, 0) is 19.1 Å². The van der Waals surface area contributed by atoms with Crippen molar-refractivity contribution in [3.8, 4) is 0 Å². The summed E-state index contributed by atoms with van der Waals surface area (Å²) < 4.78 is 32.5. The highest BCUT2D eigenvalue weighted by Crippen LogP contribution is 1.98. The fourth-order valence-corrected chi connectivity index (χ4v) is 1.13. The topological polar surface area (TPSA) is 88.9 Å². The molecule has 82 valence electrons. The smallest absolute Gasteiger partial charge is 0.261 e. The molecule has 0 spiro atoms. The molecule has 0 bridgehead atoms. The summed E-state index contributed by atoms with van der Waals surface area (Å²) in [6, 6.07) is 5.34. The quantitative estimate of drug-likeness (QED) is 0.470. The maximum atomic E-state index is 10.2. The van der Waals surface area contributed by atoms with Crippen molar-refractivity contribution >= 4 is 16.1 Å². The van der Waals surface area contributed by atoms with E-state index in [1.165, 1.54) is 0 Å². The first-order valence-corrected chi connectivity index (χ1v) is 5.43. The Morgan fingerprint density at radius 3 is 2.87 bits per heavy atom. The zero-order valence-electron chi connectivity index (χ0n) is 7.99. The van der Waals surface area contributed by atoms with Crippen LogP contribution < -0.4 is 0 Å². The van der Waals surface area contributed by atoms with E-state index in [4.69, 9.17) is 4.55 Å². The Hall–Kier alpha value is -1.47. The zero-order chi connectivity index (χ0) is 11.3. The minimum atomic E-state index is -4.52. The van der Waals surface area contributed by atoms with Crippen molar-refractivity contribution < 1.29 is 17.3 Å². The maximum absolute atomic E-state index is 10.2. The van der Waals surface area contributed by atoms with Crippen molar-refractivity contribution in [3.63, 3.8) is 0 Å². The molecular weight excluding hydrogens is 220 g/mol. The van der Waals surface area contributed by atoms with Crippen LogP contribution in [0.15, 0.2) is 29.6 Å². The number of hydrogen-bond acceptors (Lipinski definition) is 5. The number of rotatable bonds is 4. The van der Waals surface area contributed by atoms with E-state index >= 15 is 0 Å². The highest BCUT2D eigenvalue weighted by atomic mass is 32.3. The number of aromatic nitrogens is 1. The molecule has 1 aromatic rings. The molecule has 1 heterocycles. The second-order valence-electron chi connectivity index (χ2n) is 2.83. The molecule has 1 N–H and O–H groups in total. The molecule has 0 aliphatic heterocycles. The first kappa shape index (κ1) is 11.6. The van der Waals surface area contributed by atoms with Gasteiger partial charge in [0.25, 0.3) is 0 Å². The van der Waals surface area contributed by atoms with E-state index in [9.17, 15) is 8.42 Å². The Morgan fingerprint density at radius 1 is 1.60 bits per heavy atom. The molecule has 0 aliphatic carbocycles. The predicted molar refractivity (Wildman–Crippen MR) is 53.7 cm³/mol. The number of oxime groups is 1. The minimum absolute atomic E-state index is 0.357. The van der Waals surface area contributed by atoms with Crippen LogP contribution in [-0.2, 0) is 21.1 Å². The second kappa shape index (κ2) is 4.85. The number of nitrogens with zero attached hydrogens (tertiary/aromatic N) is 2. The van der Waals surface area contributed by atoms with Gasteiger partial charge in [-0.2, -0.15) is 8.42 Å². The maximum Gasteiger partial charge on any atom is 0.466 e. The van der Waals surface area contributed by atoms with Crippen molar-refractivity contribution in [1.82, 2.24) is 4.98 Å². The van der Waals surface area contributed by atoms with Crippen molar-refractivity contribution in [1.29, 1.82) is 0 Å². The van der Waals surface area contributed by atoms with Crippen molar-refractivity contribution in [3.05, 3.63) is 30.1 Å². The summed E-state index contributed by atoms with van der Waals surface area (Å²) >= 11 is 0. The predicted octanol–water partition coefficient (Wildman–Crippen LogP) is 0.819. The number of pyridine rings is 1. The summed E-state index contributed by atoms with van der Waals surface area (Å²) in [4.78, 5) is 4.01. The summed E-state index contributed by atoms with van der Waals surface area (Å²) in [6.07, 6.45) is 1.97. The molecule has 0 saturated carbocycles. The lowest BCUT2D eigenvalue weighted by atomic mass is 10.2. The monoisotopic (exact) mass is 230 g/mol. The van der Waals surface area contributed by atoms with E-state index in [1.807, 2.05) is 0 Å². The van der Waals surface area contributed by atoms with Crippen LogP contribution in [0.3, 0.4) is 0 Å². The van der Waals surface area contributed by atoms with Gasteiger partial charge in [-0.15, -0.1) is 0 Å². The van der Waals surface area contributed by atoms with Crippen LogP contribution in [-0.4, -0.2) is 23.7 Å². The summed E-state index contributed by atoms with van der Waals surface area (Å²) in [5.41, 5.74) is 1.13. The Morgan fingerprint density at radius 2 is 2.33 bits per heavy atom. The van der Waals surface area contributed by atoms with Crippen molar-refractivity contribution in [2.45, 2.75) is 13.3 Å². The lowest BCUT2D eigenvalue weighted by molar-refractivity contribution is 0.281. The van der Waals surface area contributed by atoms with Gasteiger partial charge in [0.15, 0.2) is 0 Å². The minimum Gasteiger partial charge on any atom is -0.261 e. The average Bonchev–Trinajstić information content (AvgIpc) is 2.15. The van der Waals surface area contributed by atoms with Gasteiger partial charge >= 0.3 is 10.4 Å². The van der Waals surface area contributed by atoms with Gasteiger partial charge < -0.3 is 0 Å². The molecule has 0 aromatic carbocycles. The third-order valence-corrected chi connectivity index (χ3v) is 1.71. The molecule has 0 amide bonds. The first-order valence-electron chi connectivity index (χ1n) is 4.07. The van der Waals surface area contributed by atoms with Crippen LogP contribution in [0.2, 0.25) is 0 Å². The fraction of sp³-hybridized carbons (Fsp3) is 0.250. The van der Waals surface area contributed by atoms with Gasteiger partial charge in [-0.1, -0.05) is 11.2 Å². The highest BCUT2D eigenvalue weighted by molar-refractivity contribution is 7.80. The molecule has 0 radical (unpaired) electrons. The third-order valence-electron chi connectivity index (χ3n) is 1.45. The molecule has 7 heteroatoms. The second-order valence-corrected chi connectivity index (χ2v) is 3.83. The van der Waals surface area contributed by atoms with Crippen LogP contribution in [0.1, 0.15) is 12.6 Å². The molecule has 0 saturated heterocycles. The lowest BCUT2D eigenvalue weighted by Crippen LogP contribution is -2.04. The summed E-state index contributed by atoms with van der Waals surface area (Å²) in [5, 5.41) is 3.23. The van der Waals surface area contributed by atoms with Gasteiger partial charge in [0.05, 0.1) is 5.71 Å². The van der Waals surface area contributed by atoms with Crippen LogP contribution in [0.25, 0.3) is 0 Å². The highest BCUT2D eigenvalue weighted by Gasteiger charge is 2.04. The van der Waals surface area contributed by atoms with Gasteiger partial charge in [-0.25, -0.2) is 4.28 Å². The molecule has 6 nitrogen and oxygen atoms in total. The SMILES string of the molecule is CC(Cc1ccccn1)=NOS(=O)(=O)O. The molecular formula is C8H10N2O4S. The van der Waals surface area contributed by atoms with Crippen molar-refractivity contribution in [2.24, 2.45) is 5.16 Å². The summed E-state index contributed by atoms with van der Waals surface area (Å²) in [6.45, 7) is 1.57. The summed E-state index contributed by atoms with van der Waals surface area (Å²) in [7, 11) is -4.52. The largest absolute Gasteiger partial charge is 0.466 e. The summed E-state index contributed by atoms with van der Waals surface area (Å²) in [5.74, 6) is 0. The fourth-order valence-electron chi connectivity index (χ4n) is 0.908. The van der Waals surface area contributed by atoms with Gasteiger partial charge in [-0.3, -0.25) is 9.54 Å². The Bertz CT molecular complexity index is 441. The number of hydrogen-bond donors (Lipinski definition) is 1. The van der Waals surface area contributed by atoms with E-state index in [1.54, 1.807) is 31.3 Å². The Kier molecular flexibility index (Phi) is 3.75. The molecule has 1 aromatic heterocycles. The van der Waals surface area contributed by atoms with E-state index in [2.05, 4.69) is 14.4 Å². The third kappa shape index (κ3) is 5.08. The first-order chi connectivity index (χ1) is 6.97.